The summed E-state index contributed by atoms with van der Waals surface area (Å²) < 4.78 is 26.4. The third-order valence-corrected chi connectivity index (χ3v) is 3.20. The van der Waals surface area contributed by atoms with Gasteiger partial charge in [-0.15, -0.1) is 0 Å². The van der Waals surface area contributed by atoms with Crippen molar-refractivity contribution in [3.05, 3.63) is 35.4 Å². The van der Waals surface area contributed by atoms with Crippen molar-refractivity contribution in [1.82, 2.24) is 10.2 Å². The lowest BCUT2D eigenvalue weighted by Gasteiger charge is -2.13. The molecule has 0 aliphatic carbocycles. The number of benzene rings is 1. The van der Waals surface area contributed by atoms with E-state index in [2.05, 4.69) is 5.32 Å². The Kier molecular flexibility index (Phi) is 4.62. The molecule has 0 saturated carbocycles. The highest BCUT2D eigenvalue weighted by Crippen LogP contribution is 2.12. The third kappa shape index (κ3) is 3.42. The number of hydrogen-bond acceptors (Lipinski definition) is 3. The van der Waals surface area contributed by atoms with Gasteiger partial charge in [0.15, 0.2) is 11.6 Å². The normalized spacial score (nSPS) is 14.7. The smallest absolute Gasteiger partial charge is 0.254 e. The molecule has 5 nitrogen and oxygen atoms in total. The maximum atomic E-state index is 13.4. The predicted molar refractivity (Wildman–Crippen MR) is 69.3 cm³/mol. The Morgan fingerprint density at radius 3 is 2.52 bits per heavy atom. The van der Waals surface area contributed by atoms with Crippen LogP contribution in [0.25, 0.3) is 0 Å². The van der Waals surface area contributed by atoms with Gasteiger partial charge in [0, 0.05) is 25.9 Å². The topological polar surface area (TPSA) is 66.5 Å². The van der Waals surface area contributed by atoms with Crippen molar-refractivity contribution in [2.24, 2.45) is 0 Å². The molecule has 1 aromatic rings. The molecule has 0 bridgehead atoms. The van der Waals surface area contributed by atoms with Gasteiger partial charge in [-0.3, -0.25) is 19.3 Å². The molecule has 1 fully saturated rings. The Balaban J connectivity index is 1.81. The van der Waals surface area contributed by atoms with Gasteiger partial charge in [-0.05, 0) is 18.6 Å². The molecule has 0 radical (unpaired) electrons. The van der Waals surface area contributed by atoms with E-state index in [1.165, 1.54) is 12.1 Å². The maximum absolute atomic E-state index is 13.4. The second kappa shape index (κ2) is 6.43. The van der Waals surface area contributed by atoms with Crippen molar-refractivity contribution >= 4 is 17.7 Å². The monoisotopic (exact) mass is 296 g/mol. The SMILES string of the molecule is O=C(NCCCN1C(=O)CCC1=O)c1cccc(F)c1F. The van der Waals surface area contributed by atoms with Crippen LogP contribution in [-0.4, -0.2) is 35.7 Å². The second-order valence-corrected chi connectivity index (χ2v) is 4.65. The number of hydrogen-bond donors (Lipinski definition) is 1. The Morgan fingerprint density at radius 1 is 1.19 bits per heavy atom. The Hall–Kier alpha value is -2.31. The quantitative estimate of drug-likeness (QED) is 0.656. The molecule has 1 aliphatic rings. The zero-order chi connectivity index (χ0) is 15.4. The van der Waals surface area contributed by atoms with Crippen LogP contribution in [-0.2, 0) is 9.59 Å². The molecule has 2 rings (SSSR count). The number of nitrogens with zero attached hydrogens (tertiary/aromatic N) is 1. The van der Waals surface area contributed by atoms with Crippen LogP contribution in [0.2, 0.25) is 0 Å². The summed E-state index contributed by atoms with van der Waals surface area (Å²) in [5.41, 5.74) is -0.372. The number of amides is 3. The van der Waals surface area contributed by atoms with E-state index >= 15 is 0 Å². The van der Waals surface area contributed by atoms with Crippen molar-refractivity contribution in [3.8, 4) is 0 Å². The molecular formula is C14H14F2N2O3. The van der Waals surface area contributed by atoms with Crippen LogP contribution in [0.15, 0.2) is 18.2 Å². The second-order valence-electron chi connectivity index (χ2n) is 4.65. The fourth-order valence-electron chi connectivity index (χ4n) is 2.09. The lowest BCUT2D eigenvalue weighted by atomic mass is 10.2. The number of carbonyl (C=O) groups is 3. The third-order valence-electron chi connectivity index (χ3n) is 3.20. The van der Waals surface area contributed by atoms with Gasteiger partial charge >= 0.3 is 0 Å². The minimum Gasteiger partial charge on any atom is -0.352 e. The minimum absolute atomic E-state index is 0.159. The van der Waals surface area contributed by atoms with E-state index in [4.69, 9.17) is 0 Å². The summed E-state index contributed by atoms with van der Waals surface area (Å²) in [4.78, 5) is 35.5. The fourth-order valence-corrected chi connectivity index (χ4v) is 2.09. The lowest BCUT2D eigenvalue weighted by molar-refractivity contribution is -0.138. The van der Waals surface area contributed by atoms with Crippen LogP contribution >= 0.6 is 0 Å². The van der Waals surface area contributed by atoms with Gasteiger partial charge in [0.2, 0.25) is 11.8 Å². The summed E-state index contributed by atoms with van der Waals surface area (Å²) in [7, 11) is 0. The lowest BCUT2D eigenvalue weighted by Crippen LogP contribution is -2.33. The molecule has 0 unspecified atom stereocenters. The van der Waals surface area contributed by atoms with Gasteiger partial charge in [-0.1, -0.05) is 6.07 Å². The summed E-state index contributed by atoms with van der Waals surface area (Å²) >= 11 is 0. The van der Waals surface area contributed by atoms with E-state index < -0.39 is 17.5 Å². The van der Waals surface area contributed by atoms with Crippen LogP contribution in [0.3, 0.4) is 0 Å². The molecular weight excluding hydrogens is 282 g/mol. The molecule has 3 amide bonds. The molecule has 1 aliphatic heterocycles. The van der Waals surface area contributed by atoms with Crippen LogP contribution in [0.5, 0.6) is 0 Å². The van der Waals surface area contributed by atoms with Crippen LogP contribution in [0, 0.1) is 11.6 Å². The highest BCUT2D eigenvalue weighted by molar-refractivity contribution is 6.01. The maximum Gasteiger partial charge on any atom is 0.254 e. The van der Waals surface area contributed by atoms with Crippen molar-refractivity contribution in [3.63, 3.8) is 0 Å². The van der Waals surface area contributed by atoms with Crippen molar-refractivity contribution < 1.29 is 23.2 Å². The van der Waals surface area contributed by atoms with Crippen molar-refractivity contribution in [2.45, 2.75) is 19.3 Å². The molecule has 1 heterocycles. The predicted octanol–water partition coefficient (Wildman–Crippen LogP) is 1.23. The first-order valence-corrected chi connectivity index (χ1v) is 6.56. The standard InChI is InChI=1S/C14H14F2N2O3/c15-10-4-1-3-9(13(10)16)14(21)17-7-2-8-18-11(19)5-6-12(18)20/h1,3-4H,2,5-8H2,(H,17,21). The first-order chi connectivity index (χ1) is 10.0. The van der Waals surface area contributed by atoms with E-state index in [0.29, 0.717) is 6.42 Å². The number of halogens is 2. The number of carbonyl (C=O) groups excluding carboxylic acids is 3. The molecule has 112 valence electrons. The van der Waals surface area contributed by atoms with Gasteiger partial charge in [-0.2, -0.15) is 0 Å². The molecule has 0 spiro atoms. The molecule has 1 aromatic carbocycles. The van der Waals surface area contributed by atoms with E-state index in [-0.39, 0.29) is 43.3 Å². The average Bonchev–Trinajstić information content (AvgIpc) is 2.77. The number of likely N-dealkylation sites (tertiary alicyclic amines) is 1. The van der Waals surface area contributed by atoms with Crippen LogP contribution < -0.4 is 5.32 Å². The first-order valence-electron chi connectivity index (χ1n) is 6.56. The van der Waals surface area contributed by atoms with E-state index in [1.54, 1.807) is 0 Å². The molecule has 1 saturated heterocycles. The van der Waals surface area contributed by atoms with E-state index in [0.717, 1.165) is 11.0 Å². The van der Waals surface area contributed by atoms with E-state index in [1.807, 2.05) is 0 Å². The zero-order valence-electron chi connectivity index (χ0n) is 11.2. The Labute approximate surface area is 119 Å². The van der Waals surface area contributed by atoms with Crippen LogP contribution in [0.4, 0.5) is 8.78 Å². The van der Waals surface area contributed by atoms with Gasteiger partial charge in [-0.25, -0.2) is 8.78 Å². The van der Waals surface area contributed by atoms with Crippen LogP contribution in [0.1, 0.15) is 29.6 Å². The molecule has 1 N–H and O–H groups in total. The summed E-state index contributed by atoms with van der Waals surface area (Å²) in [5.74, 6) is -3.45. The highest BCUT2D eigenvalue weighted by Gasteiger charge is 2.28. The Bertz CT molecular complexity index is 574. The Morgan fingerprint density at radius 2 is 1.86 bits per heavy atom. The molecule has 0 aromatic heterocycles. The molecule has 0 atom stereocenters. The minimum atomic E-state index is -1.19. The largest absolute Gasteiger partial charge is 0.352 e. The van der Waals surface area contributed by atoms with Gasteiger partial charge in [0.05, 0.1) is 5.56 Å². The van der Waals surface area contributed by atoms with Crippen molar-refractivity contribution in [2.75, 3.05) is 13.1 Å². The molecule has 21 heavy (non-hydrogen) atoms. The van der Waals surface area contributed by atoms with Gasteiger partial charge in [0.1, 0.15) is 0 Å². The van der Waals surface area contributed by atoms with E-state index in [9.17, 15) is 23.2 Å². The fraction of sp³-hybridized carbons (Fsp3) is 0.357. The number of rotatable bonds is 5. The summed E-state index contributed by atoms with van der Waals surface area (Å²) in [6.45, 7) is 0.370. The zero-order valence-corrected chi connectivity index (χ0v) is 11.2. The van der Waals surface area contributed by atoms with Gasteiger partial charge in [0.25, 0.3) is 5.91 Å². The summed E-state index contributed by atoms with van der Waals surface area (Å²) in [5, 5.41) is 2.43. The number of imide groups is 1. The first kappa shape index (κ1) is 15.1. The highest BCUT2D eigenvalue weighted by atomic mass is 19.2. The summed E-state index contributed by atoms with van der Waals surface area (Å²) in [6.07, 6.45) is 0.805. The van der Waals surface area contributed by atoms with Gasteiger partial charge < -0.3 is 5.32 Å². The molecule has 7 heteroatoms. The number of nitrogens with one attached hydrogen (secondary N) is 1. The van der Waals surface area contributed by atoms with Crippen molar-refractivity contribution in [1.29, 1.82) is 0 Å². The average molecular weight is 296 g/mol. The summed E-state index contributed by atoms with van der Waals surface area (Å²) in [6, 6.07) is 3.35.